The van der Waals surface area contributed by atoms with Crippen molar-refractivity contribution >= 4 is 17.8 Å². The first-order valence-electron chi connectivity index (χ1n) is 9.11. The number of aromatic nitrogens is 2. The van der Waals surface area contributed by atoms with Gasteiger partial charge >= 0.3 is 6.09 Å². The van der Waals surface area contributed by atoms with Crippen LogP contribution >= 0.6 is 0 Å². The number of nitrogens with zero attached hydrogens (tertiary/aromatic N) is 5. The number of hydrogen-bond acceptors (Lipinski definition) is 7. The fraction of sp³-hybridized carbons (Fsp3) is 0.647. The molecule has 0 radical (unpaired) electrons. The maximum atomic E-state index is 11.8. The molecule has 2 aliphatic heterocycles. The van der Waals surface area contributed by atoms with Crippen molar-refractivity contribution in [3.63, 3.8) is 0 Å². The summed E-state index contributed by atoms with van der Waals surface area (Å²) in [6.45, 7) is 7.24. The van der Waals surface area contributed by atoms with Crippen molar-refractivity contribution in [2.45, 2.75) is 25.8 Å². The summed E-state index contributed by atoms with van der Waals surface area (Å²) in [6, 6.07) is 0.492. The van der Waals surface area contributed by atoms with Crippen LogP contribution < -0.4 is 10.6 Å². The lowest BCUT2D eigenvalue weighted by Crippen LogP contribution is -2.54. The minimum atomic E-state index is -0.564. The van der Waals surface area contributed by atoms with Gasteiger partial charge < -0.3 is 20.3 Å². The van der Waals surface area contributed by atoms with E-state index in [0.717, 1.165) is 52.1 Å². The number of anilines is 1. The summed E-state index contributed by atoms with van der Waals surface area (Å²) in [5.41, 5.74) is 5.47. The molecule has 0 aromatic carbocycles. The van der Waals surface area contributed by atoms with Crippen LogP contribution in [0.3, 0.4) is 0 Å². The molecule has 2 fully saturated rings. The number of nitrogens with two attached hydrogens (primary N) is 1. The van der Waals surface area contributed by atoms with Gasteiger partial charge in [-0.2, -0.15) is 0 Å². The average molecular weight is 362 g/mol. The molecule has 2 amide bonds. The quantitative estimate of drug-likeness (QED) is 0.822. The van der Waals surface area contributed by atoms with E-state index in [1.165, 1.54) is 6.20 Å². The van der Waals surface area contributed by atoms with Gasteiger partial charge in [-0.25, -0.2) is 9.78 Å². The van der Waals surface area contributed by atoms with Crippen molar-refractivity contribution in [3.8, 4) is 0 Å². The van der Waals surface area contributed by atoms with Crippen molar-refractivity contribution in [2.75, 3.05) is 50.8 Å². The van der Waals surface area contributed by atoms with E-state index in [9.17, 15) is 9.59 Å². The van der Waals surface area contributed by atoms with E-state index >= 15 is 0 Å². The van der Waals surface area contributed by atoms with E-state index in [-0.39, 0.29) is 11.8 Å². The first kappa shape index (κ1) is 18.4. The van der Waals surface area contributed by atoms with Gasteiger partial charge in [-0.1, -0.05) is 0 Å². The summed E-state index contributed by atoms with van der Waals surface area (Å²) < 4.78 is 5.07. The predicted octanol–water partition coefficient (Wildman–Crippen LogP) is 0.318. The lowest BCUT2D eigenvalue weighted by Gasteiger charge is -2.42. The molecule has 9 heteroatoms. The fourth-order valence-electron chi connectivity index (χ4n) is 3.57. The highest BCUT2D eigenvalue weighted by Gasteiger charge is 2.29. The van der Waals surface area contributed by atoms with Gasteiger partial charge in [-0.3, -0.25) is 14.7 Å². The van der Waals surface area contributed by atoms with Gasteiger partial charge in [-0.15, -0.1) is 0 Å². The highest BCUT2D eigenvalue weighted by atomic mass is 16.6. The predicted molar refractivity (Wildman–Crippen MR) is 96.0 cm³/mol. The maximum Gasteiger partial charge on any atom is 0.409 e. The molecule has 3 rings (SSSR count). The van der Waals surface area contributed by atoms with Crippen LogP contribution in [-0.4, -0.2) is 83.7 Å². The van der Waals surface area contributed by atoms with E-state index in [1.807, 2.05) is 6.92 Å². The topological polar surface area (TPSA) is 105 Å². The molecule has 1 aromatic heterocycles. The molecule has 0 atom stereocenters. The Bertz CT molecular complexity index is 639. The van der Waals surface area contributed by atoms with E-state index in [4.69, 9.17) is 10.5 Å². The van der Waals surface area contributed by atoms with Crippen molar-refractivity contribution in [3.05, 3.63) is 18.1 Å². The molecule has 0 spiro atoms. The summed E-state index contributed by atoms with van der Waals surface area (Å²) >= 11 is 0. The van der Waals surface area contributed by atoms with Gasteiger partial charge in [0.05, 0.1) is 19.0 Å². The standard InChI is InChI=1S/C17H26N6O3/c1-2-26-17(25)23-5-3-13(4-6-23)21-7-9-22(10-8-21)15-12-19-11-14(20-15)16(18)24/h11-13H,2-10H2,1H3,(H2,18,24). The van der Waals surface area contributed by atoms with Gasteiger partial charge in [0, 0.05) is 45.3 Å². The zero-order chi connectivity index (χ0) is 18.5. The maximum absolute atomic E-state index is 11.8. The molecular weight excluding hydrogens is 336 g/mol. The fourth-order valence-corrected chi connectivity index (χ4v) is 3.57. The van der Waals surface area contributed by atoms with E-state index < -0.39 is 5.91 Å². The average Bonchev–Trinajstić information content (AvgIpc) is 2.68. The highest BCUT2D eigenvalue weighted by molar-refractivity contribution is 5.90. The summed E-state index contributed by atoms with van der Waals surface area (Å²) in [5.74, 6) is 0.129. The van der Waals surface area contributed by atoms with Crippen LogP contribution in [0.2, 0.25) is 0 Å². The largest absolute Gasteiger partial charge is 0.450 e. The van der Waals surface area contributed by atoms with Crippen molar-refractivity contribution in [1.82, 2.24) is 19.8 Å². The third-order valence-electron chi connectivity index (χ3n) is 5.02. The Kier molecular flexibility index (Phi) is 5.87. The number of ether oxygens (including phenoxy) is 1. The number of rotatable bonds is 4. The van der Waals surface area contributed by atoms with Crippen molar-refractivity contribution < 1.29 is 14.3 Å². The monoisotopic (exact) mass is 362 g/mol. The Labute approximate surface area is 153 Å². The smallest absolute Gasteiger partial charge is 0.409 e. The van der Waals surface area contributed by atoms with Crippen molar-refractivity contribution in [2.24, 2.45) is 5.73 Å². The molecule has 1 aromatic rings. The number of primary amides is 1. The summed E-state index contributed by atoms with van der Waals surface area (Å²) in [6.07, 6.45) is 4.79. The zero-order valence-electron chi connectivity index (χ0n) is 15.1. The second-order valence-corrected chi connectivity index (χ2v) is 6.57. The minimum Gasteiger partial charge on any atom is -0.450 e. The molecule has 2 aliphatic rings. The Hall–Kier alpha value is -2.42. The third kappa shape index (κ3) is 4.21. The van der Waals surface area contributed by atoms with Gasteiger partial charge in [0.2, 0.25) is 0 Å². The third-order valence-corrected chi connectivity index (χ3v) is 5.02. The summed E-state index contributed by atoms with van der Waals surface area (Å²) in [4.78, 5) is 37.8. The summed E-state index contributed by atoms with van der Waals surface area (Å²) in [7, 11) is 0. The van der Waals surface area contributed by atoms with Gasteiger partial charge in [0.1, 0.15) is 11.5 Å². The zero-order valence-corrected chi connectivity index (χ0v) is 15.1. The van der Waals surface area contributed by atoms with E-state index in [0.29, 0.717) is 18.5 Å². The minimum absolute atomic E-state index is 0.191. The van der Waals surface area contributed by atoms with Crippen LogP contribution in [0.4, 0.5) is 10.6 Å². The molecule has 0 unspecified atom stereocenters. The van der Waals surface area contributed by atoms with Gasteiger partial charge in [-0.05, 0) is 19.8 Å². The Balaban J connectivity index is 1.49. The number of carbonyl (C=O) groups is 2. The first-order chi connectivity index (χ1) is 12.6. The molecular formula is C17H26N6O3. The van der Waals surface area contributed by atoms with Crippen LogP contribution in [0.1, 0.15) is 30.3 Å². The Morgan fingerprint density at radius 3 is 2.46 bits per heavy atom. The molecule has 0 bridgehead atoms. The van der Waals surface area contributed by atoms with Crippen LogP contribution in [0.15, 0.2) is 12.4 Å². The molecule has 2 saturated heterocycles. The normalized spacial score (nSPS) is 19.4. The second kappa shape index (κ2) is 8.31. The number of amides is 2. The Morgan fingerprint density at radius 2 is 1.85 bits per heavy atom. The van der Waals surface area contributed by atoms with E-state index in [2.05, 4.69) is 19.8 Å². The number of carbonyl (C=O) groups excluding carboxylic acids is 2. The highest BCUT2D eigenvalue weighted by Crippen LogP contribution is 2.20. The van der Waals surface area contributed by atoms with E-state index in [1.54, 1.807) is 11.1 Å². The molecule has 142 valence electrons. The lowest BCUT2D eigenvalue weighted by molar-refractivity contribution is 0.0729. The van der Waals surface area contributed by atoms with Crippen LogP contribution in [0.5, 0.6) is 0 Å². The van der Waals surface area contributed by atoms with Gasteiger partial charge in [0.15, 0.2) is 0 Å². The number of piperazine rings is 1. The van der Waals surface area contributed by atoms with Crippen LogP contribution in [-0.2, 0) is 4.74 Å². The second-order valence-electron chi connectivity index (χ2n) is 6.57. The van der Waals surface area contributed by atoms with Crippen molar-refractivity contribution in [1.29, 1.82) is 0 Å². The summed E-state index contributed by atoms with van der Waals surface area (Å²) in [5, 5.41) is 0. The molecule has 2 N–H and O–H groups in total. The molecule has 3 heterocycles. The Morgan fingerprint density at radius 1 is 1.15 bits per heavy atom. The van der Waals surface area contributed by atoms with Crippen LogP contribution in [0, 0.1) is 0 Å². The number of likely N-dealkylation sites (tertiary alicyclic amines) is 1. The molecule has 9 nitrogen and oxygen atoms in total. The first-order valence-corrected chi connectivity index (χ1v) is 9.11. The number of piperidine rings is 1. The molecule has 26 heavy (non-hydrogen) atoms. The SMILES string of the molecule is CCOC(=O)N1CCC(N2CCN(c3cncc(C(N)=O)n3)CC2)CC1. The van der Waals surface area contributed by atoms with Gasteiger partial charge in [0.25, 0.3) is 5.91 Å². The lowest BCUT2D eigenvalue weighted by atomic mass is 10.0. The molecule has 0 saturated carbocycles. The molecule has 0 aliphatic carbocycles. The van der Waals surface area contributed by atoms with Crippen LogP contribution in [0.25, 0.3) is 0 Å². The number of hydrogen-bond donors (Lipinski definition) is 1.